The zero-order chi connectivity index (χ0) is 25.2. The number of anilines is 1. The summed E-state index contributed by atoms with van der Waals surface area (Å²) >= 11 is 6.05. The van der Waals surface area contributed by atoms with Crippen LogP contribution in [-0.4, -0.2) is 67.5 Å². The number of hydrogen-bond donors (Lipinski definition) is 1. The predicted octanol–water partition coefficient (Wildman–Crippen LogP) is 3.41. The van der Waals surface area contributed by atoms with Crippen molar-refractivity contribution in [1.82, 2.24) is 28.9 Å². The van der Waals surface area contributed by atoms with Gasteiger partial charge in [-0.05, 0) is 50.6 Å². The maximum Gasteiger partial charge on any atom is 0.335 e. The number of amides is 1. The molecule has 2 fully saturated rings. The molecular formula is C26H32ClN7O2. The van der Waals surface area contributed by atoms with Crippen LogP contribution in [0.25, 0.3) is 16.9 Å². The highest BCUT2D eigenvalue weighted by molar-refractivity contribution is 6.30. The van der Waals surface area contributed by atoms with E-state index in [1.54, 1.807) is 39.8 Å². The molecule has 1 saturated heterocycles. The van der Waals surface area contributed by atoms with E-state index in [2.05, 4.69) is 21.9 Å². The molecule has 1 aliphatic heterocycles. The number of carbonyl (C=O) groups excluding carboxylic acids is 1. The second-order valence-electron chi connectivity index (χ2n) is 9.76. The van der Waals surface area contributed by atoms with Gasteiger partial charge in [-0.2, -0.15) is 0 Å². The molecule has 2 aromatic heterocycles. The fourth-order valence-corrected chi connectivity index (χ4v) is 5.60. The first-order valence-electron chi connectivity index (χ1n) is 12.6. The third-order valence-electron chi connectivity index (χ3n) is 7.46. The first-order valence-corrected chi connectivity index (χ1v) is 13.0. The Morgan fingerprint density at radius 3 is 2.67 bits per heavy atom. The quantitative estimate of drug-likeness (QED) is 0.511. The van der Waals surface area contributed by atoms with Crippen molar-refractivity contribution in [1.29, 1.82) is 0 Å². The van der Waals surface area contributed by atoms with Gasteiger partial charge in [0.25, 0.3) is 0 Å². The molecule has 1 saturated carbocycles. The Kier molecular flexibility index (Phi) is 7.11. The summed E-state index contributed by atoms with van der Waals surface area (Å²) in [4.78, 5) is 39.2. The van der Waals surface area contributed by atoms with Crippen molar-refractivity contribution in [2.24, 2.45) is 0 Å². The number of benzene rings is 1. The maximum absolute atomic E-state index is 13.6. The minimum absolute atomic E-state index is 0.0295. The van der Waals surface area contributed by atoms with E-state index < -0.39 is 0 Å². The number of fused-ring (bicyclic) bond motifs is 1. The monoisotopic (exact) mass is 509 g/mol. The highest BCUT2D eigenvalue weighted by Crippen LogP contribution is 2.28. The Balaban J connectivity index is 1.34. The van der Waals surface area contributed by atoms with E-state index >= 15 is 0 Å². The van der Waals surface area contributed by atoms with E-state index in [-0.39, 0.29) is 23.5 Å². The Hall–Kier alpha value is -3.17. The molecule has 36 heavy (non-hydrogen) atoms. The fraction of sp³-hybridized carbons (Fsp3) is 0.462. The van der Waals surface area contributed by atoms with Gasteiger partial charge in [-0.25, -0.2) is 14.8 Å². The summed E-state index contributed by atoms with van der Waals surface area (Å²) in [5.74, 6) is 0.194. The normalized spacial score (nSPS) is 19.2. The molecule has 0 spiro atoms. The second-order valence-corrected chi connectivity index (χ2v) is 10.2. The molecule has 2 N–H and O–H groups in total. The smallest absolute Gasteiger partial charge is 0.335 e. The summed E-state index contributed by atoms with van der Waals surface area (Å²) in [7, 11) is 2.13. The summed E-state index contributed by atoms with van der Waals surface area (Å²) in [6.45, 7) is 1.77. The van der Waals surface area contributed by atoms with Gasteiger partial charge in [-0.1, -0.05) is 36.9 Å². The zero-order valence-electron chi connectivity index (χ0n) is 20.5. The van der Waals surface area contributed by atoms with Crippen molar-refractivity contribution in [3.05, 3.63) is 58.3 Å². The van der Waals surface area contributed by atoms with Crippen LogP contribution in [-0.2, 0) is 4.79 Å². The Bertz CT molecular complexity index is 1320. The lowest BCUT2D eigenvalue weighted by Crippen LogP contribution is -2.34. The van der Waals surface area contributed by atoms with Crippen LogP contribution >= 0.6 is 11.6 Å². The highest BCUT2D eigenvalue weighted by Gasteiger charge is 2.31. The molecule has 1 aromatic carbocycles. The molecule has 2 aliphatic rings. The largest absolute Gasteiger partial charge is 0.382 e. The van der Waals surface area contributed by atoms with Crippen molar-refractivity contribution < 1.29 is 4.79 Å². The van der Waals surface area contributed by atoms with E-state index in [4.69, 9.17) is 17.3 Å². The molecule has 9 nitrogen and oxygen atoms in total. The number of halogens is 1. The summed E-state index contributed by atoms with van der Waals surface area (Å²) in [5.41, 5.74) is 7.48. The first-order chi connectivity index (χ1) is 17.4. The number of nitrogen functional groups attached to an aromatic ring is 1. The number of carbonyl (C=O) groups is 1. The molecule has 0 bridgehead atoms. The number of likely N-dealkylation sites (N-methyl/N-ethyl adjacent to an activating group) is 1. The fourth-order valence-electron chi connectivity index (χ4n) is 5.48. The van der Waals surface area contributed by atoms with Crippen LogP contribution in [0.1, 0.15) is 44.6 Å². The lowest BCUT2D eigenvalue weighted by Gasteiger charge is -2.30. The third kappa shape index (κ3) is 4.77. The minimum atomic E-state index is -0.261. The Labute approximate surface area is 215 Å². The maximum atomic E-state index is 13.6. The number of nitrogens with two attached hydrogens (primary N) is 1. The van der Waals surface area contributed by atoms with Crippen LogP contribution in [0, 0.1) is 0 Å². The van der Waals surface area contributed by atoms with Gasteiger partial charge in [0.05, 0.1) is 11.7 Å². The van der Waals surface area contributed by atoms with Crippen LogP contribution in [0.2, 0.25) is 5.02 Å². The van der Waals surface area contributed by atoms with Gasteiger partial charge in [0.2, 0.25) is 5.91 Å². The van der Waals surface area contributed by atoms with Crippen molar-refractivity contribution in [3.63, 3.8) is 0 Å². The van der Waals surface area contributed by atoms with E-state index in [0.717, 1.165) is 6.54 Å². The number of aromatic nitrogens is 4. The highest BCUT2D eigenvalue weighted by atomic mass is 35.5. The molecule has 0 radical (unpaired) electrons. The molecule has 1 atom stereocenters. The molecule has 190 valence electrons. The van der Waals surface area contributed by atoms with Crippen molar-refractivity contribution in [2.75, 3.05) is 32.4 Å². The predicted molar refractivity (Wildman–Crippen MR) is 141 cm³/mol. The topological polar surface area (TPSA) is 102 Å². The molecule has 5 rings (SSSR count). The van der Waals surface area contributed by atoms with Gasteiger partial charge in [0.15, 0.2) is 11.5 Å². The van der Waals surface area contributed by atoms with Crippen LogP contribution < -0.4 is 11.4 Å². The van der Waals surface area contributed by atoms with Gasteiger partial charge in [-0.15, -0.1) is 0 Å². The van der Waals surface area contributed by atoms with Crippen LogP contribution in [0.3, 0.4) is 0 Å². The van der Waals surface area contributed by atoms with Crippen molar-refractivity contribution >= 4 is 34.5 Å². The van der Waals surface area contributed by atoms with E-state index in [0.29, 0.717) is 47.4 Å². The average molecular weight is 510 g/mol. The van der Waals surface area contributed by atoms with E-state index in [1.807, 2.05) is 6.08 Å². The van der Waals surface area contributed by atoms with Crippen molar-refractivity contribution in [3.8, 4) is 5.69 Å². The minimum Gasteiger partial charge on any atom is -0.382 e. The van der Waals surface area contributed by atoms with Crippen LogP contribution in [0.5, 0.6) is 0 Å². The van der Waals surface area contributed by atoms with Gasteiger partial charge >= 0.3 is 5.69 Å². The average Bonchev–Trinajstić information content (AvgIpc) is 3.48. The van der Waals surface area contributed by atoms with Gasteiger partial charge in [0.1, 0.15) is 11.8 Å². The molecule has 3 aromatic rings. The summed E-state index contributed by atoms with van der Waals surface area (Å²) in [6, 6.07) is 7.37. The number of likely N-dealkylation sites (tertiary alicyclic amines) is 1. The van der Waals surface area contributed by atoms with E-state index in [1.165, 1.54) is 43.0 Å². The van der Waals surface area contributed by atoms with E-state index in [9.17, 15) is 9.59 Å². The molecule has 1 unspecified atom stereocenters. The molecule has 10 heteroatoms. The van der Waals surface area contributed by atoms with Crippen molar-refractivity contribution in [2.45, 2.75) is 50.6 Å². The molecule has 3 heterocycles. The molecular weight excluding hydrogens is 478 g/mol. The number of rotatable bonds is 6. The van der Waals surface area contributed by atoms with Crippen LogP contribution in [0.15, 0.2) is 47.5 Å². The Morgan fingerprint density at radius 1 is 1.17 bits per heavy atom. The summed E-state index contributed by atoms with van der Waals surface area (Å²) < 4.78 is 3.17. The lowest BCUT2D eigenvalue weighted by atomic mass is 9.94. The van der Waals surface area contributed by atoms with Gasteiger partial charge < -0.3 is 10.6 Å². The van der Waals surface area contributed by atoms with Crippen LogP contribution in [0.4, 0.5) is 5.82 Å². The SMILES string of the molecule is CN(C/C=C/C(=O)N1CCC(n2c(=O)n(-c3ccc(Cl)cc3)c3c(N)ncnc32)C1)C1CCCCC1. The second kappa shape index (κ2) is 10.4. The van der Waals surface area contributed by atoms with Gasteiger partial charge in [0, 0.05) is 36.8 Å². The molecule has 1 aliphatic carbocycles. The third-order valence-corrected chi connectivity index (χ3v) is 7.71. The number of imidazole rings is 1. The number of nitrogens with zero attached hydrogens (tertiary/aromatic N) is 6. The lowest BCUT2D eigenvalue weighted by molar-refractivity contribution is -0.125. The van der Waals surface area contributed by atoms with Gasteiger partial charge in [-0.3, -0.25) is 18.8 Å². The summed E-state index contributed by atoms with van der Waals surface area (Å²) in [5, 5.41) is 0.572. The standard InChI is InChI=1S/C26H32ClN7O2/c1-31(19-6-3-2-4-7-19)14-5-8-22(35)32-15-13-21(16-32)34-25-23(24(28)29-17-30-25)33(26(34)36)20-11-9-18(27)10-12-20/h5,8-12,17,19,21H,2-4,6-7,13-16H2,1H3,(H2,28,29,30)/b8-5+. The molecule has 1 amide bonds. The Morgan fingerprint density at radius 2 is 1.92 bits per heavy atom. The summed E-state index contributed by atoms with van der Waals surface area (Å²) in [6.07, 6.45) is 12.0. The zero-order valence-corrected chi connectivity index (χ0v) is 21.3. The number of hydrogen-bond acceptors (Lipinski definition) is 6. The first kappa shape index (κ1) is 24.5.